The van der Waals surface area contributed by atoms with Crippen molar-refractivity contribution in [1.29, 1.82) is 0 Å². The molecule has 2 aromatic rings. The van der Waals surface area contributed by atoms with Gasteiger partial charge < -0.3 is 14.6 Å². The molecule has 1 aliphatic heterocycles. The van der Waals surface area contributed by atoms with Gasteiger partial charge in [0.05, 0.1) is 16.3 Å². The first kappa shape index (κ1) is 20.1. The van der Waals surface area contributed by atoms with E-state index in [1.54, 1.807) is 18.3 Å². The van der Waals surface area contributed by atoms with Gasteiger partial charge in [-0.3, -0.25) is 5.43 Å². The fourth-order valence-electron chi connectivity index (χ4n) is 2.93. The number of thiocarbonyl (C=S) groups is 1. The summed E-state index contributed by atoms with van der Waals surface area (Å²) in [7, 11) is 0. The van der Waals surface area contributed by atoms with Crippen LogP contribution in [0.2, 0.25) is 10.0 Å². The average Bonchev–Trinajstić information content (AvgIpc) is 3.14. The average molecular weight is 425 g/mol. The van der Waals surface area contributed by atoms with Gasteiger partial charge in [0.1, 0.15) is 11.5 Å². The second-order valence-corrected chi connectivity index (χ2v) is 7.58. The third-order valence-corrected chi connectivity index (χ3v) is 5.33. The molecule has 0 radical (unpaired) electrons. The van der Waals surface area contributed by atoms with E-state index in [0.717, 1.165) is 18.7 Å². The molecule has 0 aliphatic carbocycles. The lowest BCUT2D eigenvalue weighted by atomic mass is 10.1. The molecule has 0 unspecified atom stereocenters. The molecule has 1 aromatic heterocycles. The van der Waals surface area contributed by atoms with Crippen molar-refractivity contribution < 1.29 is 4.42 Å². The fourth-order valence-corrected chi connectivity index (χ4v) is 3.38. The van der Waals surface area contributed by atoms with Crippen LogP contribution in [0.1, 0.15) is 25.0 Å². The minimum absolute atomic E-state index is 0.489. The lowest BCUT2D eigenvalue weighted by molar-refractivity contribution is 0.232. The zero-order valence-electron chi connectivity index (χ0n) is 14.9. The molecule has 0 atom stereocenters. The summed E-state index contributed by atoms with van der Waals surface area (Å²) in [5.74, 6) is 1.30. The second kappa shape index (κ2) is 10.1. The highest BCUT2D eigenvalue weighted by molar-refractivity contribution is 7.80. The smallest absolute Gasteiger partial charge is 0.187 e. The van der Waals surface area contributed by atoms with Crippen LogP contribution < -0.4 is 10.7 Å². The van der Waals surface area contributed by atoms with Gasteiger partial charge in [0.25, 0.3) is 0 Å². The van der Waals surface area contributed by atoms with Crippen LogP contribution in [0.5, 0.6) is 0 Å². The highest BCUT2D eigenvalue weighted by Gasteiger charge is 2.09. The van der Waals surface area contributed by atoms with E-state index < -0.39 is 0 Å². The lowest BCUT2D eigenvalue weighted by Crippen LogP contribution is -2.40. The van der Waals surface area contributed by atoms with Gasteiger partial charge in [-0.15, -0.1) is 0 Å². The van der Waals surface area contributed by atoms with Gasteiger partial charge in [-0.2, -0.15) is 5.10 Å². The van der Waals surface area contributed by atoms with Crippen molar-refractivity contribution in [3.63, 3.8) is 0 Å². The number of nitrogens with zero attached hydrogens (tertiary/aromatic N) is 2. The van der Waals surface area contributed by atoms with E-state index >= 15 is 0 Å². The molecular formula is C19H22Cl2N4OS. The van der Waals surface area contributed by atoms with Crippen molar-refractivity contribution in [2.24, 2.45) is 5.10 Å². The first-order valence-corrected chi connectivity index (χ1v) is 10.1. The van der Waals surface area contributed by atoms with Gasteiger partial charge in [0.15, 0.2) is 5.11 Å². The third-order valence-electron chi connectivity index (χ3n) is 4.35. The molecule has 1 fully saturated rings. The summed E-state index contributed by atoms with van der Waals surface area (Å²) < 4.78 is 5.75. The Kier molecular flexibility index (Phi) is 7.52. The van der Waals surface area contributed by atoms with E-state index in [-0.39, 0.29) is 0 Å². The zero-order valence-corrected chi connectivity index (χ0v) is 17.2. The van der Waals surface area contributed by atoms with Gasteiger partial charge in [0.2, 0.25) is 0 Å². The van der Waals surface area contributed by atoms with Crippen LogP contribution in [0, 0.1) is 0 Å². The molecule has 144 valence electrons. The summed E-state index contributed by atoms with van der Waals surface area (Å²) in [5.41, 5.74) is 3.66. The Morgan fingerprint density at radius 3 is 2.74 bits per heavy atom. The first-order valence-electron chi connectivity index (χ1n) is 8.96. The molecule has 27 heavy (non-hydrogen) atoms. The highest BCUT2D eigenvalue weighted by atomic mass is 35.5. The molecule has 0 bridgehead atoms. The number of halogens is 2. The summed E-state index contributed by atoms with van der Waals surface area (Å²) in [6, 6.07) is 9.05. The maximum atomic E-state index is 6.05. The number of nitrogens with one attached hydrogen (secondary N) is 2. The second-order valence-electron chi connectivity index (χ2n) is 6.36. The number of furan rings is 1. The van der Waals surface area contributed by atoms with Crippen molar-refractivity contribution in [1.82, 2.24) is 15.6 Å². The molecule has 3 rings (SSSR count). The van der Waals surface area contributed by atoms with E-state index in [1.807, 2.05) is 18.2 Å². The molecule has 2 N–H and O–H groups in total. The lowest BCUT2D eigenvalue weighted by Gasteiger charge is -2.26. The maximum Gasteiger partial charge on any atom is 0.187 e. The predicted octanol–water partition coefficient (Wildman–Crippen LogP) is 4.54. The summed E-state index contributed by atoms with van der Waals surface area (Å²) in [6.07, 6.45) is 5.51. The normalized spacial score (nSPS) is 15.2. The maximum absolute atomic E-state index is 6.05. The monoisotopic (exact) mass is 424 g/mol. The van der Waals surface area contributed by atoms with Crippen LogP contribution in [-0.2, 0) is 0 Å². The van der Waals surface area contributed by atoms with E-state index in [2.05, 4.69) is 20.7 Å². The zero-order chi connectivity index (χ0) is 19.1. The van der Waals surface area contributed by atoms with E-state index in [1.165, 1.54) is 32.4 Å². The van der Waals surface area contributed by atoms with E-state index in [4.69, 9.17) is 39.8 Å². The number of hydrogen-bond donors (Lipinski definition) is 2. The Morgan fingerprint density at radius 1 is 1.15 bits per heavy atom. The van der Waals surface area contributed by atoms with Crippen LogP contribution in [0.25, 0.3) is 11.3 Å². The minimum Gasteiger partial charge on any atom is -0.455 e. The first-order chi connectivity index (χ1) is 13.1. The van der Waals surface area contributed by atoms with Crippen LogP contribution >= 0.6 is 35.4 Å². The van der Waals surface area contributed by atoms with Crippen LogP contribution in [0.15, 0.2) is 39.9 Å². The number of hydrogen-bond acceptors (Lipinski definition) is 4. The molecule has 1 aromatic carbocycles. The summed E-state index contributed by atoms with van der Waals surface area (Å²) >= 11 is 17.2. The minimum atomic E-state index is 0.489. The Hall–Kier alpha value is -1.60. The molecule has 1 saturated heterocycles. The third kappa shape index (κ3) is 6.21. The van der Waals surface area contributed by atoms with Gasteiger partial charge in [-0.25, -0.2) is 0 Å². The van der Waals surface area contributed by atoms with E-state index in [0.29, 0.717) is 26.7 Å². The van der Waals surface area contributed by atoms with Crippen LogP contribution in [0.4, 0.5) is 0 Å². The Balaban J connectivity index is 1.43. The topological polar surface area (TPSA) is 52.8 Å². The molecule has 0 amide bonds. The number of likely N-dealkylation sites (tertiary alicyclic amines) is 1. The molecule has 2 heterocycles. The SMILES string of the molecule is S=C(NCCN1CCCCC1)NN=Cc1ccc(-c2ccc(Cl)c(Cl)c2)o1. The molecule has 5 nitrogen and oxygen atoms in total. The fraction of sp³-hybridized carbons (Fsp3) is 0.368. The predicted molar refractivity (Wildman–Crippen MR) is 116 cm³/mol. The number of benzene rings is 1. The molecule has 0 spiro atoms. The Morgan fingerprint density at radius 2 is 1.96 bits per heavy atom. The summed E-state index contributed by atoms with van der Waals surface area (Å²) in [5, 5.41) is 8.78. The van der Waals surface area contributed by atoms with Crippen molar-refractivity contribution in [3.05, 3.63) is 46.1 Å². The summed E-state index contributed by atoms with van der Waals surface area (Å²) in [4.78, 5) is 2.45. The highest BCUT2D eigenvalue weighted by Crippen LogP contribution is 2.29. The van der Waals surface area contributed by atoms with Crippen molar-refractivity contribution in [2.45, 2.75) is 19.3 Å². The van der Waals surface area contributed by atoms with Gasteiger partial charge in [-0.1, -0.05) is 29.6 Å². The van der Waals surface area contributed by atoms with Crippen molar-refractivity contribution in [3.8, 4) is 11.3 Å². The molecule has 0 saturated carbocycles. The largest absolute Gasteiger partial charge is 0.455 e. The van der Waals surface area contributed by atoms with Gasteiger partial charge in [0, 0.05) is 18.7 Å². The van der Waals surface area contributed by atoms with Crippen molar-refractivity contribution in [2.75, 3.05) is 26.2 Å². The van der Waals surface area contributed by atoms with Crippen LogP contribution in [-0.4, -0.2) is 42.4 Å². The van der Waals surface area contributed by atoms with Gasteiger partial charge >= 0.3 is 0 Å². The number of rotatable bonds is 6. The Labute approximate surface area is 174 Å². The summed E-state index contributed by atoms with van der Waals surface area (Å²) in [6.45, 7) is 4.17. The number of hydrazone groups is 1. The van der Waals surface area contributed by atoms with Crippen LogP contribution in [0.3, 0.4) is 0 Å². The molecular weight excluding hydrogens is 403 g/mol. The quantitative estimate of drug-likeness (QED) is 0.405. The standard InChI is InChI=1S/C19H22Cl2N4OS/c20-16-6-4-14(12-17(16)21)18-7-5-15(26-18)13-23-24-19(27)22-8-11-25-9-2-1-3-10-25/h4-7,12-13H,1-3,8-11H2,(H2,22,24,27). The van der Waals surface area contributed by atoms with Crippen molar-refractivity contribution >= 4 is 46.7 Å². The van der Waals surface area contributed by atoms with E-state index in [9.17, 15) is 0 Å². The molecule has 1 aliphatic rings. The number of piperidine rings is 1. The Bertz CT molecular complexity index is 803. The van der Waals surface area contributed by atoms with Gasteiger partial charge in [-0.05, 0) is 68.5 Å². The molecule has 8 heteroatoms.